The van der Waals surface area contributed by atoms with Gasteiger partial charge in [-0.2, -0.15) is 13.2 Å². The number of carbonyl (C=O) groups excluding carboxylic acids is 1. The second-order valence-corrected chi connectivity index (χ2v) is 8.91. The van der Waals surface area contributed by atoms with Crippen LogP contribution in [0.25, 0.3) is 0 Å². The number of halogens is 3. The molecular weight excluding hydrogens is 517 g/mol. The van der Waals surface area contributed by atoms with E-state index in [0.29, 0.717) is 17.8 Å². The molecule has 0 radical (unpaired) electrons. The second-order valence-electron chi connectivity index (χ2n) is 8.91. The van der Waals surface area contributed by atoms with E-state index in [2.05, 4.69) is 15.3 Å². The maximum absolute atomic E-state index is 13.7. The van der Waals surface area contributed by atoms with E-state index in [1.54, 1.807) is 48.5 Å². The number of aryl methyl sites for hydroxylation is 2. The highest BCUT2D eigenvalue weighted by Gasteiger charge is 2.35. The summed E-state index contributed by atoms with van der Waals surface area (Å²) in [5.41, 5.74) is 1.62. The number of carboxylic acid groups (broad SMARTS) is 1. The normalized spacial score (nSPS) is 15.6. The molecule has 1 fully saturated rings. The fourth-order valence-corrected chi connectivity index (χ4v) is 4.29. The Hall–Kier alpha value is -4.19. The standard InChI is InChI=1S/C27H27F3N4O5/c1-38-24(35)14-19-5-3-2-4-17(19)8-11-22-21(27(28,29)30)15-31-25(33-22)32-20-9-6-18(7-10-20)23-16-34(26(36)37)12-13-39-23/h2-7,9-10,15,23H,8,11-14,16H2,1H3,(H,36,37)(H,31,32,33). The van der Waals surface area contributed by atoms with E-state index >= 15 is 0 Å². The number of nitrogens with one attached hydrogen (secondary N) is 1. The molecule has 1 aromatic heterocycles. The van der Waals surface area contributed by atoms with E-state index in [1.165, 1.54) is 12.0 Å². The zero-order valence-electron chi connectivity index (χ0n) is 21.1. The summed E-state index contributed by atoms with van der Waals surface area (Å²) in [6.45, 7) is 0.790. The van der Waals surface area contributed by atoms with Crippen LogP contribution in [0.5, 0.6) is 0 Å². The van der Waals surface area contributed by atoms with Crippen LogP contribution in [0.3, 0.4) is 0 Å². The first-order valence-electron chi connectivity index (χ1n) is 12.2. The summed E-state index contributed by atoms with van der Waals surface area (Å²) in [5.74, 6) is -0.438. The number of anilines is 2. The Morgan fingerprint density at radius 3 is 2.51 bits per heavy atom. The van der Waals surface area contributed by atoms with E-state index in [0.717, 1.165) is 17.3 Å². The van der Waals surface area contributed by atoms with Gasteiger partial charge in [-0.05, 0) is 41.7 Å². The number of rotatable bonds is 8. The number of benzene rings is 2. The molecule has 0 spiro atoms. The molecule has 2 heterocycles. The molecule has 1 saturated heterocycles. The monoisotopic (exact) mass is 544 g/mol. The summed E-state index contributed by atoms with van der Waals surface area (Å²) in [7, 11) is 1.28. The number of carbonyl (C=O) groups is 2. The Morgan fingerprint density at radius 1 is 1.13 bits per heavy atom. The molecule has 12 heteroatoms. The van der Waals surface area contributed by atoms with Gasteiger partial charge in [-0.3, -0.25) is 4.79 Å². The van der Waals surface area contributed by atoms with Gasteiger partial charge in [-0.1, -0.05) is 36.4 Å². The van der Waals surface area contributed by atoms with Gasteiger partial charge in [0.2, 0.25) is 5.95 Å². The average Bonchev–Trinajstić information content (AvgIpc) is 2.92. The van der Waals surface area contributed by atoms with Crippen molar-refractivity contribution in [2.24, 2.45) is 0 Å². The zero-order chi connectivity index (χ0) is 28.0. The fraction of sp³-hybridized carbons (Fsp3) is 0.333. The van der Waals surface area contributed by atoms with Crippen LogP contribution in [0.4, 0.5) is 29.6 Å². The van der Waals surface area contributed by atoms with Gasteiger partial charge in [0.1, 0.15) is 6.10 Å². The maximum atomic E-state index is 13.7. The van der Waals surface area contributed by atoms with Gasteiger partial charge in [0.25, 0.3) is 0 Å². The van der Waals surface area contributed by atoms with Crippen LogP contribution in [0.2, 0.25) is 0 Å². The third kappa shape index (κ3) is 7.23. The van der Waals surface area contributed by atoms with Crippen molar-refractivity contribution in [2.45, 2.75) is 31.5 Å². The summed E-state index contributed by atoms with van der Waals surface area (Å²) in [4.78, 5) is 32.3. The lowest BCUT2D eigenvalue weighted by Crippen LogP contribution is -2.41. The summed E-state index contributed by atoms with van der Waals surface area (Å²) >= 11 is 0. The Morgan fingerprint density at radius 2 is 1.85 bits per heavy atom. The first kappa shape index (κ1) is 27.8. The average molecular weight is 545 g/mol. The second kappa shape index (κ2) is 12.1. The minimum Gasteiger partial charge on any atom is -0.469 e. The highest BCUT2D eigenvalue weighted by Crippen LogP contribution is 2.32. The number of hydrogen-bond donors (Lipinski definition) is 2. The van der Waals surface area contributed by atoms with E-state index in [9.17, 15) is 27.9 Å². The lowest BCUT2D eigenvalue weighted by molar-refractivity contribution is -0.140. The molecule has 2 aromatic carbocycles. The molecule has 39 heavy (non-hydrogen) atoms. The van der Waals surface area contributed by atoms with Crippen LogP contribution < -0.4 is 5.32 Å². The van der Waals surface area contributed by atoms with E-state index in [1.807, 2.05) is 0 Å². The van der Waals surface area contributed by atoms with Gasteiger partial charge >= 0.3 is 18.2 Å². The number of alkyl halides is 3. The topological polar surface area (TPSA) is 114 Å². The molecule has 4 rings (SSSR count). The Labute approximate surface area is 222 Å². The molecule has 9 nitrogen and oxygen atoms in total. The van der Waals surface area contributed by atoms with E-state index in [4.69, 9.17) is 9.47 Å². The van der Waals surface area contributed by atoms with Crippen molar-refractivity contribution >= 4 is 23.7 Å². The fourth-order valence-electron chi connectivity index (χ4n) is 4.29. The predicted octanol–water partition coefficient (Wildman–Crippen LogP) is 4.79. The Bertz CT molecular complexity index is 1320. The number of morpholine rings is 1. The van der Waals surface area contributed by atoms with Crippen LogP contribution in [0, 0.1) is 0 Å². The van der Waals surface area contributed by atoms with Crippen LogP contribution in [-0.2, 0) is 39.7 Å². The molecule has 1 aliphatic heterocycles. The van der Waals surface area contributed by atoms with Gasteiger partial charge in [0.15, 0.2) is 0 Å². The first-order valence-corrected chi connectivity index (χ1v) is 12.2. The Balaban J connectivity index is 1.50. The summed E-state index contributed by atoms with van der Waals surface area (Å²) in [5, 5.41) is 12.1. The quantitative estimate of drug-likeness (QED) is 0.389. The molecule has 1 atom stereocenters. The third-order valence-electron chi connectivity index (χ3n) is 6.36. The smallest absolute Gasteiger partial charge is 0.419 e. The molecule has 0 saturated carbocycles. The number of methoxy groups -OCH3 is 1. The van der Waals surface area contributed by atoms with Gasteiger partial charge in [0.05, 0.1) is 37.9 Å². The zero-order valence-corrected chi connectivity index (χ0v) is 21.1. The maximum Gasteiger partial charge on any atom is 0.419 e. The minimum atomic E-state index is -4.63. The van der Waals surface area contributed by atoms with Crippen molar-refractivity contribution in [2.75, 3.05) is 32.1 Å². The number of esters is 1. The van der Waals surface area contributed by atoms with Gasteiger partial charge in [-0.15, -0.1) is 0 Å². The van der Waals surface area contributed by atoms with Crippen LogP contribution in [-0.4, -0.2) is 58.8 Å². The van der Waals surface area contributed by atoms with Crippen LogP contribution >= 0.6 is 0 Å². The van der Waals surface area contributed by atoms with E-state index < -0.39 is 29.9 Å². The van der Waals surface area contributed by atoms with Crippen molar-refractivity contribution in [3.63, 3.8) is 0 Å². The largest absolute Gasteiger partial charge is 0.469 e. The Kier molecular flexibility index (Phi) is 8.65. The molecule has 3 aromatic rings. The number of ether oxygens (including phenoxy) is 2. The molecule has 1 amide bonds. The minimum absolute atomic E-state index is 0.000403. The van der Waals surface area contributed by atoms with Crippen LogP contribution in [0.15, 0.2) is 54.7 Å². The molecule has 1 unspecified atom stereocenters. The molecular formula is C27H27F3N4O5. The molecule has 0 bridgehead atoms. The summed E-state index contributed by atoms with van der Waals surface area (Å²) in [6, 6.07) is 13.9. The number of aromatic nitrogens is 2. The first-order chi connectivity index (χ1) is 18.6. The summed E-state index contributed by atoms with van der Waals surface area (Å²) in [6.07, 6.45) is -5.08. The van der Waals surface area contributed by atoms with Crippen LogP contribution in [0.1, 0.15) is 34.1 Å². The van der Waals surface area contributed by atoms with Gasteiger partial charge in [-0.25, -0.2) is 14.8 Å². The van der Waals surface area contributed by atoms with Crippen molar-refractivity contribution in [3.8, 4) is 0 Å². The molecule has 0 aliphatic carbocycles. The highest BCUT2D eigenvalue weighted by molar-refractivity contribution is 5.72. The number of hydrogen-bond acceptors (Lipinski definition) is 7. The lowest BCUT2D eigenvalue weighted by atomic mass is 9.98. The number of nitrogens with zero attached hydrogens (tertiary/aromatic N) is 3. The predicted molar refractivity (Wildman–Crippen MR) is 135 cm³/mol. The molecule has 2 N–H and O–H groups in total. The summed E-state index contributed by atoms with van der Waals surface area (Å²) < 4.78 is 51.5. The molecule has 206 valence electrons. The SMILES string of the molecule is COC(=O)Cc1ccccc1CCc1nc(Nc2ccc(C3CN(C(=O)O)CCO3)cc2)ncc1C(F)(F)F. The van der Waals surface area contributed by atoms with Gasteiger partial charge < -0.3 is 24.8 Å². The van der Waals surface area contributed by atoms with Crippen molar-refractivity contribution in [1.82, 2.24) is 14.9 Å². The van der Waals surface area contributed by atoms with Crippen molar-refractivity contribution in [3.05, 3.63) is 82.7 Å². The third-order valence-corrected chi connectivity index (χ3v) is 6.36. The van der Waals surface area contributed by atoms with Crippen molar-refractivity contribution < 1.29 is 37.3 Å². The van der Waals surface area contributed by atoms with Crippen molar-refractivity contribution in [1.29, 1.82) is 0 Å². The van der Waals surface area contributed by atoms with E-state index in [-0.39, 0.29) is 44.1 Å². The molecule has 1 aliphatic rings. The number of amides is 1. The lowest BCUT2D eigenvalue weighted by Gasteiger charge is -2.31. The highest BCUT2D eigenvalue weighted by atomic mass is 19.4. The van der Waals surface area contributed by atoms with Gasteiger partial charge in [0, 0.05) is 18.4 Å².